The van der Waals surface area contributed by atoms with Crippen molar-refractivity contribution < 1.29 is 45.3 Å². The third-order valence-electron chi connectivity index (χ3n) is 6.24. The molecule has 0 bridgehead atoms. The summed E-state index contributed by atoms with van der Waals surface area (Å²) in [5, 5.41) is 0. The van der Waals surface area contributed by atoms with Crippen LogP contribution in [0.5, 0.6) is 11.5 Å². The van der Waals surface area contributed by atoms with Crippen LogP contribution in [0.3, 0.4) is 0 Å². The van der Waals surface area contributed by atoms with Crippen LogP contribution in [-0.2, 0) is 28.5 Å². The first-order chi connectivity index (χ1) is 21.3. The molecule has 0 atom stereocenters. The maximum atomic E-state index is 12.9. The highest BCUT2D eigenvalue weighted by Crippen LogP contribution is 2.30. The van der Waals surface area contributed by atoms with Gasteiger partial charge in [0.25, 0.3) is 0 Å². The van der Waals surface area contributed by atoms with Crippen LogP contribution in [0, 0.1) is 30.6 Å². The van der Waals surface area contributed by atoms with Gasteiger partial charge >= 0.3 is 18.3 Å². The van der Waals surface area contributed by atoms with E-state index >= 15 is 0 Å². The summed E-state index contributed by atoms with van der Waals surface area (Å²) < 4.78 is 93.4. The zero-order valence-corrected chi connectivity index (χ0v) is 23.9. The van der Waals surface area contributed by atoms with Crippen LogP contribution in [0.15, 0.2) is 84.9 Å². The lowest BCUT2D eigenvalue weighted by molar-refractivity contribution is -0.143. The lowest BCUT2D eigenvalue weighted by Crippen LogP contribution is -2.13. The first kappa shape index (κ1) is 32.6. The van der Waals surface area contributed by atoms with Crippen molar-refractivity contribution in [2.45, 2.75) is 25.9 Å². The second-order valence-electron chi connectivity index (χ2n) is 9.65. The molecule has 0 radical (unpaired) electrons. The molecule has 0 saturated heterocycles. The molecule has 0 aromatic heterocycles. The van der Waals surface area contributed by atoms with Crippen molar-refractivity contribution in [2.24, 2.45) is 0 Å². The number of carbonyl (C=O) groups is 1. The van der Waals surface area contributed by atoms with Crippen LogP contribution in [0.25, 0.3) is 0 Å². The number of hydrogen-bond acceptors (Lipinski definition) is 4. The van der Waals surface area contributed by atoms with Gasteiger partial charge in [0.15, 0.2) is 6.61 Å². The van der Waals surface area contributed by atoms with Crippen molar-refractivity contribution in [3.8, 4) is 35.2 Å². The number of ether oxygens (including phenoxy) is 3. The normalized spacial score (nSPS) is 11.0. The van der Waals surface area contributed by atoms with E-state index in [1.165, 1.54) is 31.4 Å². The summed E-state index contributed by atoms with van der Waals surface area (Å²) >= 11 is 0. The lowest BCUT2D eigenvalue weighted by Gasteiger charge is -2.11. The van der Waals surface area contributed by atoms with Crippen LogP contribution < -0.4 is 9.47 Å². The van der Waals surface area contributed by atoms with E-state index in [1.54, 1.807) is 43.3 Å². The van der Waals surface area contributed by atoms with Crippen LogP contribution in [0.4, 0.5) is 26.3 Å². The summed E-state index contributed by atoms with van der Waals surface area (Å²) in [5.41, 5.74) is 1.54. The van der Waals surface area contributed by atoms with Crippen molar-refractivity contribution in [1.29, 1.82) is 0 Å². The van der Waals surface area contributed by atoms with Gasteiger partial charge in [0.1, 0.15) is 18.1 Å². The van der Waals surface area contributed by atoms with E-state index in [1.807, 2.05) is 0 Å². The van der Waals surface area contributed by atoms with Crippen LogP contribution >= 0.6 is 0 Å². The molecule has 4 aromatic carbocycles. The molecule has 4 aromatic rings. The number of rotatable bonds is 6. The number of alkyl halides is 6. The third-order valence-corrected chi connectivity index (χ3v) is 6.24. The SMILES string of the molecule is COC(=O)COc1ccc(OCc2cc(C#Cc3ccc(C(F)(F)F)cc3)cc(C#Cc3ccc(C(F)(F)F)cc3)c2)cc1C. The van der Waals surface area contributed by atoms with Gasteiger partial charge in [-0.25, -0.2) is 4.79 Å². The maximum absolute atomic E-state index is 12.9. The van der Waals surface area contributed by atoms with Crippen molar-refractivity contribution in [3.63, 3.8) is 0 Å². The number of halogens is 6. The lowest BCUT2D eigenvalue weighted by atomic mass is 10.0. The fourth-order valence-electron chi connectivity index (χ4n) is 3.93. The third kappa shape index (κ3) is 9.57. The first-order valence-electron chi connectivity index (χ1n) is 13.3. The Labute approximate surface area is 255 Å². The van der Waals surface area contributed by atoms with Crippen molar-refractivity contribution in [3.05, 3.63) is 129 Å². The molecule has 0 N–H and O–H groups in total. The van der Waals surface area contributed by atoms with E-state index < -0.39 is 29.4 Å². The Hall–Kier alpha value is -5.35. The maximum Gasteiger partial charge on any atom is 0.416 e. The fraction of sp³-hybridized carbons (Fsp3) is 0.171. The number of hydrogen-bond donors (Lipinski definition) is 0. The first-order valence-corrected chi connectivity index (χ1v) is 13.3. The molecule has 4 nitrogen and oxygen atoms in total. The average Bonchev–Trinajstić information content (AvgIpc) is 3.00. The zero-order chi connectivity index (χ0) is 32.6. The number of methoxy groups -OCH3 is 1. The highest BCUT2D eigenvalue weighted by Gasteiger charge is 2.30. The molecule has 10 heteroatoms. The quantitative estimate of drug-likeness (QED) is 0.124. The summed E-state index contributed by atoms with van der Waals surface area (Å²) in [6, 6.07) is 19.1. The largest absolute Gasteiger partial charge is 0.489 e. The van der Waals surface area contributed by atoms with Gasteiger partial charge in [-0.15, -0.1) is 0 Å². The molecule has 0 unspecified atom stereocenters. The van der Waals surface area contributed by atoms with Gasteiger partial charge in [-0.05, 0) is 103 Å². The summed E-state index contributed by atoms with van der Waals surface area (Å²) in [7, 11) is 1.26. The monoisotopic (exact) mass is 622 g/mol. The number of aryl methyl sites for hydroxylation is 1. The highest BCUT2D eigenvalue weighted by atomic mass is 19.4. The predicted molar refractivity (Wildman–Crippen MR) is 154 cm³/mol. The smallest absolute Gasteiger partial charge is 0.416 e. The molecular formula is C35H24F6O4. The molecule has 0 spiro atoms. The molecule has 0 fully saturated rings. The summed E-state index contributed by atoms with van der Waals surface area (Å²) in [6.07, 6.45) is -8.92. The van der Waals surface area contributed by atoms with E-state index in [4.69, 9.17) is 9.47 Å². The second-order valence-corrected chi connectivity index (χ2v) is 9.65. The standard InChI is InChI=1S/C35H24F6O4/c1-23-17-31(15-16-32(23)45-22-33(42)43-2)44-21-28-19-26(5-3-24-7-11-29(12-8-24)34(36,37)38)18-27(20-28)6-4-25-9-13-30(14-10-25)35(39,40)41/h7-20H,21-22H2,1-2H3. The molecule has 230 valence electrons. The average molecular weight is 623 g/mol. The molecular weight excluding hydrogens is 598 g/mol. The number of carbonyl (C=O) groups excluding carboxylic acids is 1. The van der Waals surface area contributed by atoms with E-state index in [0.29, 0.717) is 39.3 Å². The Morgan fingerprint density at radius 1 is 0.644 bits per heavy atom. The molecule has 0 aliphatic rings. The van der Waals surface area contributed by atoms with Crippen LogP contribution in [0.1, 0.15) is 44.5 Å². The topological polar surface area (TPSA) is 44.8 Å². The molecule has 0 amide bonds. The zero-order valence-electron chi connectivity index (χ0n) is 23.9. The minimum atomic E-state index is -4.46. The van der Waals surface area contributed by atoms with Gasteiger partial charge in [0.2, 0.25) is 0 Å². The molecule has 0 aliphatic heterocycles. The molecule has 0 saturated carbocycles. The molecule has 0 aliphatic carbocycles. The highest BCUT2D eigenvalue weighted by molar-refractivity contribution is 5.71. The fourth-order valence-corrected chi connectivity index (χ4v) is 3.93. The van der Waals surface area contributed by atoms with Gasteiger partial charge in [0.05, 0.1) is 18.2 Å². The Morgan fingerprint density at radius 3 is 1.58 bits per heavy atom. The Balaban J connectivity index is 1.59. The minimum absolute atomic E-state index is 0.0898. The van der Waals surface area contributed by atoms with Crippen molar-refractivity contribution >= 4 is 5.97 Å². The predicted octanol–water partition coefficient (Wildman–Crippen LogP) is 7.96. The molecule has 0 heterocycles. The molecule has 45 heavy (non-hydrogen) atoms. The van der Waals surface area contributed by atoms with Crippen LogP contribution in [-0.4, -0.2) is 19.7 Å². The summed E-state index contributed by atoms with van der Waals surface area (Å²) in [5.74, 6) is 12.0. The van der Waals surface area contributed by atoms with Crippen LogP contribution in [0.2, 0.25) is 0 Å². The Bertz CT molecular complexity index is 1690. The van der Waals surface area contributed by atoms with Gasteiger partial charge in [-0.2, -0.15) is 26.3 Å². The Morgan fingerprint density at radius 2 is 1.13 bits per heavy atom. The molecule has 4 rings (SSSR count). The van der Waals surface area contributed by atoms with Crippen molar-refractivity contribution in [2.75, 3.05) is 13.7 Å². The summed E-state index contributed by atoms with van der Waals surface area (Å²) in [6.45, 7) is 1.63. The van der Waals surface area contributed by atoms with E-state index in [2.05, 4.69) is 28.4 Å². The van der Waals surface area contributed by atoms with Gasteiger partial charge < -0.3 is 14.2 Å². The Kier molecular flexibility index (Phi) is 10.1. The second kappa shape index (κ2) is 14.0. The van der Waals surface area contributed by atoms with Gasteiger partial charge in [-0.3, -0.25) is 0 Å². The summed E-state index contributed by atoms with van der Waals surface area (Å²) in [4.78, 5) is 11.4. The van der Waals surface area contributed by atoms with Gasteiger partial charge in [-0.1, -0.05) is 23.7 Å². The van der Waals surface area contributed by atoms with E-state index in [9.17, 15) is 31.1 Å². The van der Waals surface area contributed by atoms with Gasteiger partial charge in [0, 0.05) is 22.3 Å². The number of esters is 1. The minimum Gasteiger partial charge on any atom is -0.489 e. The van der Waals surface area contributed by atoms with E-state index in [-0.39, 0.29) is 13.2 Å². The van der Waals surface area contributed by atoms with Crippen molar-refractivity contribution in [1.82, 2.24) is 0 Å². The number of benzene rings is 4. The van der Waals surface area contributed by atoms with E-state index in [0.717, 1.165) is 29.8 Å².